The molecule has 2 unspecified atom stereocenters. The number of rotatable bonds is 1. The molecule has 0 spiro atoms. The Morgan fingerprint density at radius 1 is 1.00 bits per heavy atom. The molecule has 0 saturated heterocycles. The lowest BCUT2D eigenvalue weighted by molar-refractivity contribution is 0.272. The summed E-state index contributed by atoms with van der Waals surface area (Å²) >= 11 is 0. The van der Waals surface area contributed by atoms with Gasteiger partial charge in [-0.1, -0.05) is 11.6 Å². The number of hydrogen-bond acceptors (Lipinski definition) is 2. The molecule has 5 rings (SSSR count). The van der Waals surface area contributed by atoms with Gasteiger partial charge in [-0.05, 0) is 69.1 Å². The molecular formula is C23H27N3. The highest BCUT2D eigenvalue weighted by Crippen LogP contribution is 2.43. The predicted octanol–water partition coefficient (Wildman–Crippen LogP) is 4.76. The largest absolute Gasteiger partial charge is 0.343 e. The van der Waals surface area contributed by atoms with Gasteiger partial charge in [-0.3, -0.25) is 4.98 Å². The van der Waals surface area contributed by atoms with Crippen LogP contribution >= 0.6 is 0 Å². The molecule has 4 heterocycles. The molecule has 0 fully saturated rings. The number of hydrogen-bond donors (Lipinski definition) is 0. The Morgan fingerprint density at radius 2 is 1.85 bits per heavy atom. The minimum absolute atomic E-state index is 0.577. The molecule has 0 N–H and O–H groups in total. The Balaban J connectivity index is 1.68. The molecule has 0 saturated carbocycles. The molecule has 2 aliphatic heterocycles. The molecule has 134 valence electrons. The van der Waals surface area contributed by atoms with Crippen LogP contribution in [0.2, 0.25) is 0 Å². The SMILES string of the molecule is Cc1ccc2c(c1)c1c3n2CC(c2ccnc(C)c2)CCC3CN(C)C1. The van der Waals surface area contributed by atoms with Crippen LogP contribution in [-0.4, -0.2) is 28.0 Å². The highest BCUT2D eigenvalue weighted by Gasteiger charge is 2.33. The van der Waals surface area contributed by atoms with E-state index in [1.165, 1.54) is 41.4 Å². The summed E-state index contributed by atoms with van der Waals surface area (Å²) in [6.45, 7) is 7.67. The predicted molar refractivity (Wildman–Crippen MR) is 107 cm³/mol. The first-order valence-corrected chi connectivity index (χ1v) is 9.83. The fourth-order valence-corrected chi connectivity index (χ4v) is 5.22. The van der Waals surface area contributed by atoms with Crippen molar-refractivity contribution in [3.8, 4) is 0 Å². The van der Waals surface area contributed by atoms with Gasteiger partial charge in [0.2, 0.25) is 0 Å². The fraction of sp³-hybridized carbons (Fsp3) is 0.435. The average Bonchev–Trinajstić information content (AvgIpc) is 2.78. The van der Waals surface area contributed by atoms with Gasteiger partial charge < -0.3 is 9.47 Å². The number of aromatic nitrogens is 2. The van der Waals surface area contributed by atoms with Gasteiger partial charge in [0.05, 0.1) is 0 Å². The van der Waals surface area contributed by atoms with Crippen LogP contribution in [0.5, 0.6) is 0 Å². The van der Waals surface area contributed by atoms with Gasteiger partial charge in [-0.2, -0.15) is 0 Å². The summed E-state index contributed by atoms with van der Waals surface area (Å²) in [4.78, 5) is 6.91. The zero-order chi connectivity index (χ0) is 17.8. The first-order chi connectivity index (χ1) is 12.6. The summed E-state index contributed by atoms with van der Waals surface area (Å²) in [5.41, 5.74) is 8.57. The lowest BCUT2D eigenvalue weighted by Crippen LogP contribution is -2.30. The summed E-state index contributed by atoms with van der Waals surface area (Å²) in [5, 5.41) is 1.48. The van der Waals surface area contributed by atoms with E-state index in [0.717, 1.165) is 18.8 Å². The second kappa shape index (κ2) is 5.95. The summed E-state index contributed by atoms with van der Waals surface area (Å²) in [7, 11) is 2.27. The maximum atomic E-state index is 4.40. The van der Waals surface area contributed by atoms with Crippen molar-refractivity contribution in [3.63, 3.8) is 0 Å². The van der Waals surface area contributed by atoms with Crippen LogP contribution in [0.4, 0.5) is 0 Å². The van der Waals surface area contributed by atoms with E-state index in [2.05, 4.69) is 65.7 Å². The minimum atomic E-state index is 0.577. The van der Waals surface area contributed by atoms with Crippen molar-refractivity contribution in [2.24, 2.45) is 0 Å². The van der Waals surface area contributed by atoms with Crippen LogP contribution in [-0.2, 0) is 13.1 Å². The summed E-state index contributed by atoms with van der Waals surface area (Å²) in [6, 6.07) is 11.5. The molecule has 0 aliphatic carbocycles. The zero-order valence-corrected chi connectivity index (χ0v) is 16.0. The molecule has 1 aromatic carbocycles. The van der Waals surface area contributed by atoms with Crippen molar-refractivity contribution in [2.45, 2.75) is 51.6 Å². The summed E-state index contributed by atoms with van der Waals surface area (Å²) in [5.74, 6) is 1.23. The standard InChI is InChI=1S/C23H27N3/c1-15-4-7-22-20(10-15)21-14-25(3)12-19-6-5-18(13-26(22)23(19)21)17-8-9-24-16(2)11-17/h4,7-11,18-19H,5-6,12-14H2,1-3H3. The second-order valence-electron chi connectivity index (χ2n) is 8.39. The highest BCUT2D eigenvalue weighted by molar-refractivity contribution is 5.87. The smallest absolute Gasteiger partial charge is 0.0486 e. The van der Waals surface area contributed by atoms with Crippen LogP contribution in [0.15, 0.2) is 36.5 Å². The Kier molecular flexibility index (Phi) is 3.68. The Hall–Kier alpha value is -2.13. The Morgan fingerprint density at radius 3 is 2.69 bits per heavy atom. The van der Waals surface area contributed by atoms with E-state index >= 15 is 0 Å². The monoisotopic (exact) mass is 345 g/mol. The number of aryl methyl sites for hydroxylation is 2. The van der Waals surface area contributed by atoms with E-state index in [4.69, 9.17) is 0 Å². The quantitative estimate of drug-likeness (QED) is 0.634. The first-order valence-electron chi connectivity index (χ1n) is 9.83. The zero-order valence-electron chi connectivity index (χ0n) is 16.0. The van der Waals surface area contributed by atoms with Crippen molar-refractivity contribution < 1.29 is 0 Å². The molecule has 3 nitrogen and oxygen atoms in total. The summed E-state index contributed by atoms with van der Waals surface area (Å²) < 4.78 is 2.66. The van der Waals surface area contributed by atoms with E-state index in [9.17, 15) is 0 Å². The van der Waals surface area contributed by atoms with Crippen molar-refractivity contribution in [2.75, 3.05) is 13.6 Å². The van der Waals surface area contributed by atoms with Gasteiger partial charge in [-0.15, -0.1) is 0 Å². The lowest BCUT2D eigenvalue weighted by atomic mass is 9.88. The highest BCUT2D eigenvalue weighted by atomic mass is 15.1. The molecule has 0 amide bonds. The van der Waals surface area contributed by atoms with Crippen LogP contribution in [0.1, 0.15) is 52.8 Å². The number of nitrogens with zero attached hydrogens (tertiary/aromatic N) is 3. The van der Waals surface area contributed by atoms with Crippen LogP contribution < -0.4 is 0 Å². The van der Waals surface area contributed by atoms with Crippen molar-refractivity contribution in [1.29, 1.82) is 0 Å². The van der Waals surface area contributed by atoms with Gasteiger partial charge in [-0.25, -0.2) is 0 Å². The van der Waals surface area contributed by atoms with E-state index in [1.54, 1.807) is 11.3 Å². The van der Waals surface area contributed by atoms with Gasteiger partial charge in [0.15, 0.2) is 0 Å². The van der Waals surface area contributed by atoms with Gasteiger partial charge in [0, 0.05) is 60.0 Å². The van der Waals surface area contributed by atoms with E-state index in [0.29, 0.717) is 11.8 Å². The lowest BCUT2D eigenvalue weighted by Gasteiger charge is -2.30. The van der Waals surface area contributed by atoms with Crippen LogP contribution in [0, 0.1) is 13.8 Å². The molecular weight excluding hydrogens is 318 g/mol. The maximum Gasteiger partial charge on any atom is 0.0486 e. The third kappa shape index (κ3) is 2.49. The molecule has 2 atom stereocenters. The molecule has 2 aliphatic rings. The van der Waals surface area contributed by atoms with Gasteiger partial charge in [0.1, 0.15) is 0 Å². The number of fused-ring (bicyclic) bond motifs is 3. The third-order valence-corrected chi connectivity index (χ3v) is 6.37. The van der Waals surface area contributed by atoms with E-state index in [1.807, 2.05) is 6.20 Å². The number of pyridine rings is 1. The number of likely N-dealkylation sites (N-methyl/N-ethyl adjacent to an activating group) is 1. The second-order valence-corrected chi connectivity index (χ2v) is 8.39. The number of benzene rings is 1. The Labute approximate surface area is 155 Å². The molecule has 3 aromatic rings. The maximum absolute atomic E-state index is 4.40. The van der Waals surface area contributed by atoms with Crippen molar-refractivity contribution in [3.05, 3.63) is 64.6 Å². The Bertz CT molecular complexity index is 985. The average molecular weight is 345 g/mol. The van der Waals surface area contributed by atoms with Crippen LogP contribution in [0.25, 0.3) is 10.9 Å². The summed E-state index contributed by atoms with van der Waals surface area (Å²) in [6.07, 6.45) is 4.51. The van der Waals surface area contributed by atoms with E-state index in [-0.39, 0.29) is 0 Å². The normalized spacial score (nSPS) is 23.0. The van der Waals surface area contributed by atoms with Crippen molar-refractivity contribution in [1.82, 2.24) is 14.5 Å². The molecule has 0 bridgehead atoms. The van der Waals surface area contributed by atoms with Crippen molar-refractivity contribution >= 4 is 10.9 Å². The fourth-order valence-electron chi connectivity index (χ4n) is 5.22. The minimum Gasteiger partial charge on any atom is -0.343 e. The van der Waals surface area contributed by atoms with E-state index < -0.39 is 0 Å². The van der Waals surface area contributed by atoms with Gasteiger partial charge in [0.25, 0.3) is 0 Å². The molecule has 26 heavy (non-hydrogen) atoms. The molecule has 2 aromatic heterocycles. The van der Waals surface area contributed by atoms with Crippen LogP contribution in [0.3, 0.4) is 0 Å². The third-order valence-electron chi connectivity index (χ3n) is 6.37. The molecule has 0 radical (unpaired) electrons. The van der Waals surface area contributed by atoms with Gasteiger partial charge >= 0.3 is 0 Å². The molecule has 3 heteroatoms. The first kappa shape index (κ1) is 16.1. The topological polar surface area (TPSA) is 21.1 Å².